The Hall–Kier alpha value is -3.63. The monoisotopic (exact) mass is 397 g/mol. The average molecular weight is 397 g/mol. The molecule has 0 spiro atoms. The molecule has 0 heterocycles. The minimum atomic E-state index is -4.82. The Kier molecular flexibility index (Phi) is 6.18. The molecule has 1 atom stereocenters. The van der Waals surface area contributed by atoms with E-state index in [-0.39, 0.29) is 16.9 Å². The first-order valence-electron chi connectivity index (χ1n) is 7.77. The largest absolute Gasteiger partial charge is 0.573 e. The van der Waals surface area contributed by atoms with E-state index >= 15 is 0 Å². The summed E-state index contributed by atoms with van der Waals surface area (Å²) < 4.78 is 40.1. The quantitative estimate of drug-likeness (QED) is 0.574. The average Bonchev–Trinajstić information content (AvgIpc) is 2.62. The molecule has 2 aromatic carbocycles. The second-order valence-electron chi connectivity index (χ2n) is 5.56. The molecule has 0 unspecified atom stereocenters. The zero-order valence-electron chi connectivity index (χ0n) is 14.3. The molecule has 0 aliphatic carbocycles. The smallest absolute Gasteiger partial charge is 0.406 e. The van der Waals surface area contributed by atoms with Crippen molar-refractivity contribution in [3.63, 3.8) is 0 Å². The lowest BCUT2D eigenvalue weighted by atomic mass is 10.1. The molecule has 0 aliphatic rings. The molecule has 28 heavy (non-hydrogen) atoms. The third-order valence-corrected chi connectivity index (χ3v) is 3.42. The van der Waals surface area contributed by atoms with Gasteiger partial charge in [-0.15, -0.1) is 13.2 Å². The first kappa shape index (κ1) is 20.7. The maximum absolute atomic E-state index is 12.1. The van der Waals surface area contributed by atoms with Crippen LogP contribution < -0.4 is 15.4 Å². The molecule has 2 N–H and O–H groups in total. The third-order valence-electron chi connectivity index (χ3n) is 3.42. The van der Waals surface area contributed by atoms with Gasteiger partial charge in [0.2, 0.25) is 5.91 Å². The van der Waals surface area contributed by atoms with Crippen LogP contribution in [0, 0.1) is 10.1 Å². The van der Waals surface area contributed by atoms with Gasteiger partial charge in [-0.1, -0.05) is 6.07 Å². The van der Waals surface area contributed by atoms with Gasteiger partial charge in [-0.2, -0.15) is 0 Å². The zero-order chi connectivity index (χ0) is 20.9. The molecule has 8 nitrogen and oxygen atoms in total. The van der Waals surface area contributed by atoms with Crippen LogP contribution in [0.25, 0.3) is 0 Å². The highest BCUT2D eigenvalue weighted by Gasteiger charge is 2.31. The molecule has 0 aromatic heterocycles. The molecule has 0 bridgehead atoms. The highest BCUT2D eigenvalue weighted by Crippen LogP contribution is 2.24. The zero-order valence-corrected chi connectivity index (χ0v) is 14.3. The van der Waals surface area contributed by atoms with Gasteiger partial charge in [0, 0.05) is 23.4 Å². The Morgan fingerprint density at radius 1 is 1.14 bits per heavy atom. The number of nitrogens with zero attached hydrogens (tertiary/aromatic N) is 1. The van der Waals surface area contributed by atoms with Gasteiger partial charge in [0.1, 0.15) is 11.8 Å². The predicted molar refractivity (Wildman–Crippen MR) is 91.8 cm³/mol. The molecule has 0 aliphatic heterocycles. The van der Waals surface area contributed by atoms with Crippen LogP contribution in [0.3, 0.4) is 0 Å². The number of hydrogen-bond acceptors (Lipinski definition) is 5. The first-order chi connectivity index (χ1) is 13.0. The highest BCUT2D eigenvalue weighted by molar-refractivity contribution is 6.01. The molecule has 0 fully saturated rings. The second kappa shape index (κ2) is 8.37. The van der Waals surface area contributed by atoms with Crippen molar-refractivity contribution in [1.29, 1.82) is 0 Å². The van der Waals surface area contributed by atoms with Crippen LogP contribution >= 0.6 is 0 Å². The van der Waals surface area contributed by atoms with Gasteiger partial charge in [0.15, 0.2) is 0 Å². The normalized spacial score (nSPS) is 12.0. The van der Waals surface area contributed by atoms with Gasteiger partial charge in [0.25, 0.3) is 11.6 Å². The summed E-state index contributed by atoms with van der Waals surface area (Å²) in [7, 11) is 0. The van der Waals surface area contributed by atoms with Gasteiger partial charge in [0.05, 0.1) is 4.92 Å². The summed E-state index contributed by atoms with van der Waals surface area (Å²) >= 11 is 0. The van der Waals surface area contributed by atoms with Crippen LogP contribution in [0.2, 0.25) is 0 Å². The summed E-state index contributed by atoms with van der Waals surface area (Å²) in [5, 5.41) is 15.5. The van der Waals surface area contributed by atoms with Crippen LogP contribution in [-0.4, -0.2) is 29.1 Å². The van der Waals surface area contributed by atoms with Crippen LogP contribution in [0.5, 0.6) is 5.75 Å². The minimum Gasteiger partial charge on any atom is -0.406 e. The summed E-state index contributed by atoms with van der Waals surface area (Å²) in [6, 6.07) is 8.41. The summed E-state index contributed by atoms with van der Waals surface area (Å²) in [4.78, 5) is 34.3. The number of rotatable bonds is 6. The number of hydrogen-bond donors (Lipinski definition) is 2. The van der Waals surface area contributed by atoms with E-state index in [4.69, 9.17) is 0 Å². The molecule has 0 saturated carbocycles. The predicted octanol–water partition coefficient (Wildman–Crippen LogP) is 3.25. The van der Waals surface area contributed by atoms with E-state index < -0.39 is 34.9 Å². The Morgan fingerprint density at radius 2 is 1.79 bits per heavy atom. The van der Waals surface area contributed by atoms with E-state index in [9.17, 15) is 32.9 Å². The summed E-state index contributed by atoms with van der Waals surface area (Å²) in [5.74, 6) is -1.78. The fourth-order valence-electron chi connectivity index (χ4n) is 2.10. The van der Waals surface area contributed by atoms with E-state index in [1.54, 1.807) is 0 Å². The number of halogens is 3. The van der Waals surface area contributed by atoms with E-state index in [1.165, 1.54) is 37.3 Å². The molecule has 0 radical (unpaired) electrons. The number of nitro groups is 1. The Balaban J connectivity index is 1.96. The van der Waals surface area contributed by atoms with Crippen LogP contribution in [0.1, 0.15) is 17.3 Å². The summed E-state index contributed by atoms with van der Waals surface area (Å²) in [6.07, 6.45) is -4.82. The maximum atomic E-state index is 12.1. The van der Waals surface area contributed by atoms with Crippen molar-refractivity contribution in [2.24, 2.45) is 0 Å². The van der Waals surface area contributed by atoms with E-state index in [2.05, 4.69) is 15.4 Å². The molecule has 2 rings (SSSR count). The van der Waals surface area contributed by atoms with Gasteiger partial charge in [-0.25, -0.2) is 0 Å². The van der Waals surface area contributed by atoms with Crippen molar-refractivity contribution in [3.8, 4) is 5.75 Å². The number of anilines is 1. The van der Waals surface area contributed by atoms with Crippen molar-refractivity contribution in [3.05, 3.63) is 64.2 Å². The highest BCUT2D eigenvalue weighted by atomic mass is 19.4. The Morgan fingerprint density at radius 3 is 2.36 bits per heavy atom. The molecular formula is C17H14F3N3O5. The lowest BCUT2D eigenvalue weighted by Crippen LogP contribution is -2.41. The summed E-state index contributed by atoms with van der Waals surface area (Å²) in [6.45, 7) is 1.38. The van der Waals surface area contributed by atoms with Gasteiger partial charge in [-0.3, -0.25) is 19.7 Å². The number of nitrogens with one attached hydrogen (secondary N) is 2. The van der Waals surface area contributed by atoms with E-state index in [0.717, 1.165) is 18.2 Å². The van der Waals surface area contributed by atoms with Crippen LogP contribution in [-0.2, 0) is 4.79 Å². The summed E-state index contributed by atoms with van der Waals surface area (Å²) in [5.41, 5.74) is -0.0793. The fraction of sp³-hybridized carbons (Fsp3) is 0.176. The van der Waals surface area contributed by atoms with Crippen molar-refractivity contribution >= 4 is 23.2 Å². The number of carbonyl (C=O) groups is 2. The van der Waals surface area contributed by atoms with Crippen molar-refractivity contribution in [2.75, 3.05) is 5.32 Å². The number of amides is 2. The standard InChI is InChI=1S/C17H14F3N3O5/c1-10(21-16(25)11-3-2-4-13(9-11)23(26)27)15(24)22-12-5-7-14(8-6-12)28-17(18,19)20/h2-10H,1H3,(H,21,25)(H,22,24)/t10-/m0/s1. The van der Waals surface area contributed by atoms with Crippen molar-refractivity contribution < 1.29 is 32.4 Å². The van der Waals surface area contributed by atoms with Gasteiger partial charge < -0.3 is 15.4 Å². The van der Waals surface area contributed by atoms with E-state index in [1.807, 2.05) is 0 Å². The Labute approximate surface area is 156 Å². The van der Waals surface area contributed by atoms with Crippen molar-refractivity contribution in [1.82, 2.24) is 5.32 Å². The number of benzene rings is 2. The van der Waals surface area contributed by atoms with Gasteiger partial charge in [-0.05, 0) is 37.3 Å². The number of nitro benzene ring substituents is 1. The lowest BCUT2D eigenvalue weighted by Gasteiger charge is -2.15. The maximum Gasteiger partial charge on any atom is 0.573 e. The molecule has 0 saturated heterocycles. The fourth-order valence-corrected chi connectivity index (χ4v) is 2.10. The molecule has 148 valence electrons. The topological polar surface area (TPSA) is 111 Å². The number of ether oxygens (including phenoxy) is 1. The molecule has 11 heteroatoms. The van der Waals surface area contributed by atoms with Crippen LogP contribution in [0.4, 0.5) is 24.5 Å². The number of non-ortho nitro benzene ring substituents is 1. The number of carbonyl (C=O) groups excluding carboxylic acids is 2. The third kappa shape index (κ3) is 5.97. The van der Waals surface area contributed by atoms with Crippen LogP contribution in [0.15, 0.2) is 48.5 Å². The lowest BCUT2D eigenvalue weighted by molar-refractivity contribution is -0.384. The minimum absolute atomic E-state index is 0.00232. The first-order valence-corrected chi connectivity index (χ1v) is 7.77. The van der Waals surface area contributed by atoms with E-state index in [0.29, 0.717) is 0 Å². The Bertz CT molecular complexity index is 884. The molecular weight excluding hydrogens is 383 g/mol. The van der Waals surface area contributed by atoms with Gasteiger partial charge >= 0.3 is 6.36 Å². The second-order valence-corrected chi connectivity index (χ2v) is 5.56. The van der Waals surface area contributed by atoms with Crippen molar-refractivity contribution in [2.45, 2.75) is 19.3 Å². The molecule has 2 amide bonds. The molecule has 2 aromatic rings. The SMILES string of the molecule is C[C@H](NC(=O)c1cccc([N+](=O)[O-])c1)C(=O)Nc1ccc(OC(F)(F)F)cc1. The number of alkyl halides is 3.